The van der Waals surface area contributed by atoms with E-state index in [1.165, 1.54) is 27.2 Å². The number of nitrogens with zero attached hydrogens (tertiary/aromatic N) is 1. The largest absolute Gasteiger partial charge is 0.496 e. The van der Waals surface area contributed by atoms with Crippen LogP contribution in [-0.2, 0) is 24.3 Å². The molecule has 2 aromatic rings. The lowest BCUT2D eigenvalue weighted by atomic mass is 10.00. The van der Waals surface area contributed by atoms with E-state index in [1.807, 2.05) is 4.90 Å². The highest BCUT2D eigenvalue weighted by Crippen LogP contribution is 2.19. The van der Waals surface area contributed by atoms with Gasteiger partial charge in [-0.3, -0.25) is 4.79 Å². The maximum atomic E-state index is 12.9. The smallest absolute Gasteiger partial charge is 0.278 e. The number of hydrogen-bond acceptors (Lipinski definition) is 2. The van der Waals surface area contributed by atoms with E-state index in [1.54, 1.807) is 12.0 Å². The molecule has 0 atom stereocenters. The van der Waals surface area contributed by atoms with E-state index in [2.05, 4.69) is 49.4 Å². The Morgan fingerprint density at radius 1 is 1.03 bits per heavy atom. The van der Waals surface area contributed by atoms with Gasteiger partial charge in [-0.15, -0.1) is 0 Å². The van der Waals surface area contributed by atoms with Crippen LogP contribution in [0, 0.1) is 6.92 Å². The summed E-state index contributed by atoms with van der Waals surface area (Å²) in [5.74, 6) is 1.29. The normalized spacial score (nSPS) is 21.5. The fourth-order valence-corrected chi connectivity index (χ4v) is 4.66. The molecule has 1 saturated heterocycles. The molecule has 4 rings (SSSR count). The van der Waals surface area contributed by atoms with Crippen LogP contribution in [0.1, 0.15) is 22.3 Å². The molecule has 5 heteroatoms. The molecule has 0 aromatic heterocycles. The second-order valence-corrected chi connectivity index (χ2v) is 8.50. The molecule has 0 spiro atoms. The first-order valence-electron chi connectivity index (χ1n) is 10.8. The predicted molar refractivity (Wildman–Crippen MR) is 113 cm³/mol. The Labute approximate surface area is 173 Å². The highest BCUT2D eigenvalue weighted by atomic mass is 16.5. The Morgan fingerprint density at radius 2 is 1.76 bits per heavy atom. The number of fused-ring (bicyclic) bond motifs is 1. The van der Waals surface area contributed by atoms with Crippen LogP contribution in [-0.4, -0.2) is 57.2 Å². The first kappa shape index (κ1) is 19.9. The van der Waals surface area contributed by atoms with Crippen molar-refractivity contribution in [3.63, 3.8) is 0 Å². The van der Waals surface area contributed by atoms with E-state index in [-0.39, 0.29) is 0 Å². The SMILES string of the molecule is COc1ccc(C)cc1C[NH+]1CC[NH+](CC(=O)N2CCc3ccccc3C2)CC1. The van der Waals surface area contributed by atoms with Crippen LogP contribution in [0.15, 0.2) is 42.5 Å². The standard InChI is InChI=1S/C24H31N3O2/c1-19-7-8-23(29-2)22(15-19)16-25-11-13-26(14-12-25)18-24(28)27-10-9-20-5-3-4-6-21(20)17-27/h3-8,15H,9-14,16-18H2,1-2H3/p+2. The minimum absolute atomic E-state index is 0.304. The van der Waals surface area contributed by atoms with Gasteiger partial charge in [0.05, 0.1) is 7.11 Å². The summed E-state index contributed by atoms with van der Waals surface area (Å²) in [4.78, 5) is 17.9. The summed E-state index contributed by atoms with van der Waals surface area (Å²) in [7, 11) is 1.75. The molecule has 29 heavy (non-hydrogen) atoms. The zero-order chi connectivity index (χ0) is 20.2. The van der Waals surface area contributed by atoms with E-state index in [0.29, 0.717) is 12.5 Å². The molecule has 1 fully saturated rings. The average molecular weight is 396 g/mol. The lowest BCUT2D eigenvalue weighted by molar-refractivity contribution is -1.02. The molecular weight excluding hydrogens is 362 g/mol. The Kier molecular flexibility index (Phi) is 6.16. The monoisotopic (exact) mass is 395 g/mol. The predicted octanol–water partition coefficient (Wildman–Crippen LogP) is -0.128. The molecule has 2 aliphatic heterocycles. The Hall–Kier alpha value is -2.37. The summed E-state index contributed by atoms with van der Waals surface area (Å²) in [6.45, 7) is 9.69. The van der Waals surface area contributed by atoms with Gasteiger partial charge in [0.15, 0.2) is 6.54 Å². The number of methoxy groups -OCH3 is 1. The fraction of sp³-hybridized carbons (Fsp3) is 0.458. The number of quaternary nitrogens is 2. The molecule has 0 radical (unpaired) electrons. The van der Waals surface area contributed by atoms with Crippen molar-refractivity contribution in [1.29, 1.82) is 0 Å². The summed E-state index contributed by atoms with van der Waals surface area (Å²) in [5, 5.41) is 0. The van der Waals surface area contributed by atoms with Crippen LogP contribution in [0.25, 0.3) is 0 Å². The Morgan fingerprint density at radius 3 is 2.52 bits per heavy atom. The third-order valence-electron chi connectivity index (χ3n) is 6.43. The lowest BCUT2D eigenvalue weighted by Gasteiger charge is -2.33. The van der Waals surface area contributed by atoms with E-state index in [0.717, 1.165) is 58.0 Å². The number of rotatable bonds is 5. The summed E-state index contributed by atoms with van der Waals surface area (Å²) in [6, 6.07) is 14.9. The molecule has 0 saturated carbocycles. The third-order valence-corrected chi connectivity index (χ3v) is 6.43. The summed E-state index contributed by atoms with van der Waals surface area (Å²) in [6.07, 6.45) is 0.980. The van der Waals surface area contributed by atoms with Crippen LogP contribution in [0.5, 0.6) is 5.75 Å². The number of carbonyl (C=O) groups is 1. The first-order chi connectivity index (χ1) is 14.1. The van der Waals surface area contributed by atoms with Gasteiger partial charge in [0.2, 0.25) is 0 Å². The van der Waals surface area contributed by atoms with E-state index < -0.39 is 0 Å². The van der Waals surface area contributed by atoms with Gasteiger partial charge in [0.25, 0.3) is 5.91 Å². The van der Waals surface area contributed by atoms with Crippen LogP contribution in [0.4, 0.5) is 0 Å². The van der Waals surface area contributed by atoms with Crippen molar-refractivity contribution in [3.8, 4) is 5.75 Å². The molecular formula is C24H33N3O2+2. The van der Waals surface area contributed by atoms with Gasteiger partial charge in [0, 0.05) is 18.7 Å². The van der Waals surface area contributed by atoms with Gasteiger partial charge in [-0.1, -0.05) is 35.9 Å². The first-order valence-corrected chi connectivity index (χ1v) is 10.8. The number of carbonyl (C=O) groups excluding carboxylic acids is 1. The lowest BCUT2D eigenvalue weighted by Crippen LogP contribution is -3.28. The number of aryl methyl sites for hydroxylation is 1. The molecule has 0 aliphatic carbocycles. The Bertz CT molecular complexity index is 859. The topological polar surface area (TPSA) is 38.4 Å². The molecule has 0 bridgehead atoms. The Balaban J connectivity index is 1.27. The van der Waals surface area contributed by atoms with Gasteiger partial charge < -0.3 is 19.4 Å². The van der Waals surface area contributed by atoms with Crippen LogP contribution in [0.2, 0.25) is 0 Å². The molecule has 2 aromatic carbocycles. The van der Waals surface area contributed by atoms with Crippen molar-refractivity contribution in [2.45, 2.75) is 26.4 Å². The van der Waals surface area contributed by atoms with Gasteiger partial charge in [-0.05, 0) is 36.6 Å². The molecule has 154 valence electrons. The van der Waals surface area contributed by atoms with Crippen LogP contribution in [0.3, 0.4) is 0 Å². The van der Waals surface area contributed by atoms with Crippen LogP contribution < -0.4 is 14.5 Å². The third kappa shape index (κ3) is 4.80. The maximum absolute atomic E-state index is 12.9. The highest BCUT2D eigenvalue weighted by molar-refractivity contribution is 5.77. The van der Waals surface area contributed by atoms with Gasteiger partial charge in [-0.2, -0.15) is 0 Å². The zero-order valence-corrected chi connectivity index (χ0v) is 17.7. The molecule has 2 heterocycles. The zero-order valence-electron chi connectivity index (χ0n) is 17.7. The fourth-order valence-electron chi connectivity index (χ4n) is 4.66. The van der Waals surface area contributed by atoms with Crippen molar-refractivity contribution >= 4 is 5.91 Å². The maximum Gasteiger partial charge on any atom is 0.278 e. The number of hydrogen-bond donors (Lipinski definition) is 2. The van der Waals surface area contributed by atoms with Gasteiger partial charge in [0.1, 0.15) is 38.5 Å². The second-order valence-electron chi connectivity index (χ2n) is 8.50. The molecule has 2 aliphatic rings. The molecule has 5 nitrogen and oxygen atoms in total. The van der Waals surface area contributed by atoms with Gasteiger partial charge >= 0.3 is 0 Å². The number of benzene rings is 2. The van der Waals surface area contributed by atoms with Crippen molar-refractivity contribution in [2.75, 3.05) is 46.4 Å². The van der Waals surface area contributed by atoms with Crippen molar-refractivity contribution in [2.24, 2.45) is 0 Å². The number of nitrogens with one attached hydrogen (secondary N) is 2. The summed E-state index contributed by atoms with van der Waals surface area (Å²) in [5.41, 5.74) is 5.27. The second kappa shape index (κ2) is 8.97. The average Bonchev–Trinajstić information content (AvgIpc) is 2.75. The molecule has 2 N–H and O–H groups in total. The van der Waals surface area contributed by atoms with Crippen molar-refractivity contribution in [3.05, 3.63) is 64.7 Å². The number of piperazine rings is 1. The van der Waals surface area contributed by atoms with Crippen molar-refractivity contribution < 1.29 is 19.3 Å². The highest BCUT2D eigenvalue weighted by Gasteiger charge is 2.28. The number of amides is 1. The number of ether oxygens (including phenoxy) is 1. The van der Waals surface area contributed by atoms with E-state index in [4.69, 9.17) is 4.74 Å². The van der Waals surface area contributed by atoms with E-state index in [9.17, 15) is 4.79 Å². The van der Waals surface area contributed by atoms with E-state index >= 15 is 0 Å². The molecule has 0 unspecified atom stereocenters. The minimum atomic E-state index is 0.304. The summed E-state index contributed by atoms with van der Waals surface area (Å²) >= 11 is 0. The summed E-state index contributed by atoms with van der Waals surface area (Å²) < 4.78 is 5.54. The quantitative estimate of drug-likeness (QED) is 0.741. The van der Waals surface area contributed by atoms with Gasteiger partial charge in [-0.25, -0.2) is 0 Å². The minimum Gasteiger partial charge on any atom is -0.496 e. The van der Waals surface area contributed by atoms with Crippen molar-refractivity contribution in [1.82, 2.24) is 4.90 Å². The molecule has 1 amide bonds. The van der Waals surface area contributed by atoms with Crippen LogP contribution >= 0.6 is 0 Å².